The molecular weight excluding hydrogens is 186 g/mol. The molecule has 1 rings (SSSR count). The fourth-order valence-electron chi connectivity index (χ4n) is 1.05. The Hall–Kier alpha value is -1.14. The standard InChI is InChI=1S/C7H13N5S/c1-5-6(4-12(2)11-5)3-9-7(13)10-8/h4H,3,8H2,1-2H3,(H2,9,10,13). The van der Waals surface area contributed by atoms with E-state index in [2.05, 4.69) is 15.8 Å². The zero-order valence-electron chi connectivity index (χ0n) is 7.66. The summed E-state index contributed by atoms with van der Waals surface area (Å²) in [5.41, 5.74) is 4.46. The van der Waals surface area contributed by atoms with Crippen LogP contribution in [0.3, 0.4) is 0 Å². The third kappa shape index (κ3) is 2.67. The first kappa shape index (κ1) is 9.94. The topological polar surface area (TPSA) is 67.9 Å². The van der Waals surface area contributed by atoms with E-state index in [-0.39, 0.29) is 0 Å². The van der Waals surface area contributed by atoms with Gasteiger partial charge in [-0.3, -0.25) is 4.68 Å². The van der Waals surface area contributed by atoms with Crippen LogP contribution in [0.4, 0.5) is 0 Å². The van der Waals surface area contributed by atoms with Gasteiger partial charge in [-0.2, -0.15) is 5.10 Å². The number of hydrogen-bond acceptors (Lipinski definition) is 3. The van der Waals surface area contributed by atoms with Crippen LogP contribution in [0.2, 0.25) is 0 Å². The Morgan fingerprint density at radius 1 is 1.77 bits per heavy atom. The van der Waals surface area contributed by atoms with E-state index in [1.165, 1.54) is 0 Å². The predicted octanol–water partition coefficient (Wildman–Crippen LogP) is -0.434. The highest BCUT2D eigenvalue weighted by Crippen LogP contribution is 2.03. The molecule has 0 aliphatic carbocycles. The van der Waals surface area contributed by atoms with Crippen molar-refractivity contribution in [3.63, 3.8) is 0 Å². The highest BCUT2D eigenvalue weighted by Gasteiger charge is 2.02. The van der Waals surface area contributed by atoms with Crippen molar-refractivity contribution in [2.75, 3.05) is 0 Å². The molecule has 0 saturated carbocycles. The van der Waals surface area contributed by atoms with Crippen LogP contribution in [0.1, 0.15) is 11.3 Å². The predicted molar refractivity (Wildman–Crippen MR) is 54.7 cm³/mol. The molecule has 1 aromatic heterocycles. The summed E-state index contributed by atoms with van der Waals surface area (Å²) in [6, 6.07) is 0. The van der Waals surface area contributed by atoms with E-state index in [1.807, 2.05) is 20.2 Å². The maximum atomic E-state index is 5.10. The molecule has 0 aliphatic heterocycles. The molecule has 0 amide bonds. The van der Waals surface area contributed by atoms with E-state index in [0.29, 0.717) is 11.7 Å². The van der Waals surface area contributed by atoms with Gasteiger partial charge in [0.25, 0.3) is 0 Å². The van der Waals surface area contributed by atoms with Gasteiger partial charge in [0.15, 0.2) is 5.11 Å². The lowest BCUT2D eigenvalue weighted by Crippen LogP contribution is -2.39. The van der Waals surface area contributed by atoms with Crippen LogP contribution in [-0.4, -0.2) is 14.9 Å². The van der Waals surface area contributed by atoms with Crippen LogP contribution in [0.15, 0.2) is 6.20 Å². The zero-order chi connectivity index (χ0) is 9.84. The first-order valence-electron chi connectivity index (χ1n) is 3.87. The number of aryl methyl sites for hydroxylation is 2. The van der Waals surface area contributed by atoms with Gasteiger partial charge in [-0.1, -0.05) is 0 Å². The lowest BCUT2D eigenvalue weighted by atomic mass is 10.3. The fraction of sp³-hybridized carbons (Fsp3) is 0.429. The molecule has 5 nitrogen and oxygen atoms in total. The molecule has 0 fully saturated rings. The fourth-order valence-corrected chi connectivity index (χ4v) is 1.12. The van der Waals surface area contributed by atoms with E-state index in [9.17, 15) is 0 Å². The molecule has 0 spiro atoms. The number of rotatable bonds is 2. The second-order valence-corrected chi connectivity index (χ2v) is 3.15. The summed E-state index contributed by atoms with van der Waals surface area (Å²) >= 11 is 4.83. The third-order valence-electron chi connectivity index (χ3n) is 1.69. The van der Waals surface area contributed by atoms with Gasteiger partial charge in [-0.25, -0.2) is 5.84 Å². The molecule has 0 atom stereocenters. The van der Waals surface area contributed by atoms with E-state index in [0.717, 1.165) is 11.3 Å². The Bertz CT molecular complexity index is 306. The number of nitrogens with two attached hydrogens (primary N) is 1. The number of hydrogen-bond donors (Lipinski definition) is 3. The Morgan fingerprint density at radius 2 is 2.46 bits per heavy atom. The molecule has 13 heavy (non-hydrogen) atoms. The van der Waals surface area contributed by atoms with E-state index < -0.39 is 0 Å². The number of nitrogens with zero attached hydrogens (tertiary/aromatic N) is 2. The Kier molecular flexibility index (Phi) is 3.21. The number of thiocarbonyl (C=S) groups is 1. The van der Waals surface area contributed by atoms with Crippen LogP contribution < -0.4 is 16.6 Å². The smallest absolute Gasteiger partial charge is 0.180 e. The molecule has 0 unspecified atom stereocenters. The van der Waals surface area contributed by atoms with Gasteiger partial charge in [0.2, 0.25) is 0 Å². The summed E-state index contributed by atoms with van der Waals surface area (Å²) in [5.74, 6) is 5.10. The molecule has 0 aliphatic rings. The summed E-state index contributed by atoms with van der Waals surface area (Å²) in [6.07, 6.45) is 1.95. The summed E-state index contributed by atoms with van der Waals surface area (Å²) in [5, 5.41) is 7.57. The quantitative estimate of drug-likeness (QED) is 0.342. The molecule has 6 heteroatoms. The van der Waals surface area contributed by atoms with E-state index in [1.54, 1.807) is 4.68 Å². The molecule has 0 aromatic carbocycles. The number of nitrogens with one attached hydrogen (secondary N) is 2. The van der Waals surface area contributed by atoms with Crippen molar-refractivity contribution in [3.8, 4) is 0 Å². The van der Waals surface area contributed by atoms with Gasteiger partial charge < -0.3 is 10.7 Å². The average molecular weight is 199 g/mol. The van der Waals surface area contributed by atoms with Crippen molar-refractivity contribution in [2.24, 2.45) is 12.9 Å². The summed E-state index contributed by atoms with van der Waals surface area (Å²) in [4.78, 5) is 0. The molecule has 0 saturated heterocycles. The minimum atomic E-state index is 0.434. The maximum Gasteiger partial charge on any atom is 0.180 e. The van der Waals surface area contributed by atoms with Gasteiger partial charge in [0.05, 0.1) is 5.69 Å². The molecular formula is C7H13N5S. The van der Waals surface area contributed by atoms with Crippen LogP contribution in [0.5, 0.6) is 0 Å². The summed E-state index contributed by atoms with van der Waals surface area (Å²) in [6.45, 7) is 2.60. The van der Waals surface area contributed by atoms with Crippen molar-refractivity contribution in [1.29, 1.82) is 0 Å². The summed E-state index contributed by atoms with van der Waals surface area (Å²) in [7, 11) is 1.88. The largest absolute Gasteiger partial charge is 0.357 e. The second kappa shape index (κ2) is 4.20. The average Bonchev–Trinajstić information content (AvgIpc) is 2.41. The van der Waals surface area contributed by atoms with Crippen LogP contribution in [0, 0.1) is 6.92 Å². The maximum absolute atomic E-state index is 5.10. The third-order valence-corrected chi connectivity index (χ3v) is 1.95. The Morgan fingerprint density at radius 3 is 2.92 bits per heavy atom. The summed E-state index contributed by atoms with van der Waals surface area (Å²) < 4.78 is 1.77. The first-order valence-corrected chi connectivity index (χ1v) is 4.28. The minimum Gasteiger partial charge on any atom is -0.357 e. The highest BCUT2D eigenvalue weighted by molar-refractivity contribution is 7.80. The molecule has 4 N–H and O–H groups in total. The number of hydrazine groups is 1. The first-order chi connectivity index (χ1) is 6.13. The molecule has 1 aromatic rings. The van der Waals surface area contributed by atoms with E-state index in [4.69, 9.17) is 18.1 Å². The van der Waals surface area contributed by atoms with Crippen molar-refractivity contribution < 1.29 is 0 Å². The second-order valence-electron chi connectivity index (χ2n) is 2.74. The van der Waals surface area contributed by atoms with Crippen molar-refractivity contribution >= 4 is 17.3 Å². The monoisotopic (exact) mass is 199 g/mol. The van der Waals surface area contributed by atoms with Gasteiger partial charge in [0, 0.05) is 25.4 Å². The molecule has 0 bridgehead atoms. The Balaban J connectivity index is 2.54. The lowest BCUT2D eigenvalue weighted by Gasteiger charge is -2.04. The van der Waals surface area contributed by atoms with Crippen LogP contribution in [0.25, 0.3) is 0 Å². The van der Waals surface area contributed by atoms with Crippen molar-refractivity contribution in [1.82, 2.24) is 20.5 Å². The minimum absolute atomic E-state index is 0.434. The zero-order valence-corrected chi connectivity index (χ0v) is 8.48. The van der Waals surface area contributed by atoms with Gasteiger partial charge in [0.1, 0.15) is 0 Å². The van der Waals surface area contributed by atoms with E-state index >= 15 is 0 Å². The normalized spacial score (nSPS) is 9.77. The van der Waals surface area contributed by atoms with Gasteiger partial charge in [-0.15, -0.1) is 0 Å². The molecule has 0 radical (unpaired) electrons. The Labute approximate surface area is 82.3 Å². The lowest BCUT2D eigenvalue weighted by molar-refractivity contribution is 0.756. The highest BCUT2D eigenvalue weighted by atomic mass is 32.1. The van der Waals surface area contributed by atoms with Gasteiger partial charge in [-0.05, 0) is 19.1 Å². The van der Waals surface area contributed by atoms with Crippen LogP contribution in [-0.2, 0) is 13.6 Å². The molecule has 1 heterocycles. The van der Waals surface area contributed by atoms with Crippen molar-refractivity contribution in [3.05, 3.63) is 17.5 Å². The van der Waals surface area contributed by atoms with Crippen LogP contribution >= 0.6 is 12.2 Å². The van der Waals surface area contributed by atoms with Gasteiger partial charge >= 0.3 is 0 Å². The SMILES string of the molecule is Cc1nn(C)cc1CNC(=S)NN. The number of aromatic nitrogens is 2. The van der Waals surface area contributed by atoms with Crippen molar-refractivity contribution in [2.45, 2.75) is 13.5 Å². The molecule has 72 valence electrons.